The Morgan fingerprint density at radius 2 is 1.69 bits per heavy atom. The van der Waals surface area contributed by atoms with Crippen molar-refractivity contribution in [1.82, 2.24) is 0 Å². The fourth-order valence-electron chi connectivity index (χ4n) is 2.71. The van der Waals surface area contributed by atoms with Crippen molar-refractivity contribution in [2.45, 2.75) is 46.0 Å². The summed E-state index contributed by atoms with van der Waals surface area (Å²) in [6, 6.07) is 0. The second-order valence-corrected chi connectivity index (χ2v) is 5.06. The zero-order valence-corrected chi connectivity index (χ0v) is 10.2. The number of carbonyl (C=O) groups is 2. The maximum Gasteiger partial charge on any atom is 0.312 e. The molecule has 1 saturated carbocycles. The standard InChI is InChI=1S/C12H20O4/c1-11(2,10(15)16-3)12(9(13)14)7-5-4-6-8-12/h4-8H2,1-3H3,(H,13,14). The number of hydrogen-bond acceptors (Lipinski definition) is 3. The van der Waals surface area contributed by atoms with Crippen LogP contribution in [-0.4, -0.2) is 24.2 Å². The predicted octanol–water partition coefficient (Wildman–Crippen LogP) is 2.22. The summed E-state index contributed by atoms with van der Waals surface area (Å²) in [5.74, 6) is -1.31. The number of carbonyl (C=O) groups excluding carboxylic acids is 1. The predicted molar refractivity (Wildman–Crippen MR) is 59.0 cm³/mol. The average molecular weight is 228 g/mol. The second-order valence-electron chi connectivity index (χ2n) is 5.06. The molecule has 1 rings (SSSR count). The molecule has 92 valence electrons. The lowest BCUT2D eigenvalue weighted by Gasteiger charge is -2.43. The van der Waals surface area contributed by atoms with Gasteiger partial charge in [0.05, 0.1) is 17.9 Å². The van der Waals surface area contributed by atoms with Crippen LogP contribution in [-0.2, 0) is 14.3 Å². The van der Waals surface area contributed by atoms with Gasteiger partial charge >= 0.3 is 11.9 Å². The summed E-state index contributed by atoms with van der Waals surface area (Å²) in [6.07, 6.45) is 3.90. The first-order valence-corrected chi connectivity index (χ1v) is 5.70. The SMILES string of the molecule is COC(=O)C(C)(C)C1(C(=O)O)CCCCC1. The Labute approximate surface area is 96.0 Å². The van der Waals surface area contributed by atoms with E-state index in [2.05, 4.69) is 0 Å². The minimum absolute atomic E-state index is 0.434. The molecule has 0 unspecified atom stereocenters. The lowest BCUT2D eigenvalue weighted by Crippen LogP contribution is -2.50. The molecule has 1 N–H and O–H groups in total. The van der Waals surface area contributed by atoms with E-state index in [1.54, 1.807) is 13.8 Å². The third-order valence-electron chi connectivity index (χ3n) is 4.01. The van der Waals surface area contributed by atoms with Gasteiger partial charge in [0.25, 0.3) is 0 Å². The van der Waals surface area contributed by atoms with Crippen molar-refractivity contribution in [2.75, 3.05) is 7.11 Å². The molecule has 0 amide bonds. The fourth-order valence-corrected chi connectivity index (χ4v) is 2.71. The van der Waals surface area contributed by atoms with Crippen LogP contribution in [0.5, 0.6) is 0 Å². The molecule has 0 bridgehead atoms. The second kappa shape index (κ2) is 4.44. The van der Waals surface area contributed by atoms with Crippen LogP contribution in [0.2, 0.25) is 0 Å². The molecule has 0 aromatic heterocycles. The lowest BCUT2D eigenvalue weighted by molar-refractivity contribution is -0.176. The minimum Gasteiger partial charge on any atom is -0.481 e. The summed E-state index contributed by atoms with van der Waals surface area (Å²) in [6.45, 7) is 3.36. The highest BCUT2D eigenvalue weighted by atomic mass is 16.5. The number of carboxylic acids is 1. The third-order valence-corrected chi connectivity index (χ3v) is 4.01. The monoisotopic (exact) mass is 228 g/mol. The number of hydrogen-bond donors (Lipinski definition) is 1. The first kappa shape index (κ1) is 13.0. The summed E-state index contributed by atoms with van der Waals surface area (Å²) in [5.41, 5.74) is -1.92. The van der Waals surface area contributed by atoms with Gasteiger partial charge in [0.1, 0.15) is 0 Å². The molecule has 0 aliphatic heterocycles. The molecule has 16 heavy (non-hydrogen) atoms. The maximum absolute atomic E-state index is 11.8. The Balaban J connectivity index is 3.09. The van der Waals surface area contributed by atoms with E-state index in [1.165, 1.54) is 7.11 Å². The van der Waals surface area contributed by atoms with Crippen molar-refractivity contribution in [3.63, 3.8) is 0 Å². The number of esters is 1. The molecule has 4 heteroatoms. The summed E-state index contributed by atoms with van der Waals surface area (Å²) < 4.78 is 4.74. The van der Waals surface area contributed by atoms with Gasteiger partial charge in [-0.25, -0.2) is 0 Å². The van der Waals surface area contributed by atoms with Crippen LogP contribution in [0.25, 0.3) is 0 Å². The van der Waals surface area contributed by atoms with Gasteiger partial charge in [-0.2, -0.15) is 0 Å². The Hall–Kier alpha value is -1.06. The van der Waals surface area contributed by atoms with E-state index >= 15 is 0 Å². The van der Waals surface area contributed by atoms with Crippen molar-refractivity contribution < 1.29 is 19.4 Å². The number of ether oxygens (including phenoxy) is 1. The van der Waals surface area contributed by atoms with Gasteiger partial charge in [-0.05, 0) is 26.7 Å². The molecule has 0 aromatic rings. The Bertz CT molecular complexity index is 287. The van der Waals surface area contributed by atoms with Crippen LogP contribution < -0.4 is 0 Å². The van der Waals surface area contributed by atoms with Crippen molar-refractivity contribution in [1.29, 1.82) is 0 Å². The van der Waals surface area contributed by atoms with Crippen LogP contribution in [0.3, 0.4) is 0 Å². The molecule has 0 aromatic carbocycles. The van der Waals surface area contributed by atoms with E-state index in [0.29, 0.717) is 12.8 Å². The van der Waals surface area contributed by atoms with Crippen molar-refractivity contribution >= 4 is 11.9 Å². The van der Waals surface area contributed by atoms with E-state index in [1.807, 2.05) is 0 Å². The molecule has 0 heterocycles. The van der Waals surface area contributed by atoms with Crippen molar-refractivity contribution in [3.05, 3.63) is 0 Å². The summed E-state index contributed by atoms with van der Waals surface area (Å²) in [7, 11) is 1.31. The highest BCUT2D eigenvalue weighted by Crippen LogP contribution is 2.50. The van der Waals surface area contributed by atoms with Crippen LogP contribution in [0, 0.1) is 10.8 Å². The molecular formula is C12H20O4. The maximum atomic E-state index is 11.8. The molecule has 1 fully saturated rings. The van der Waals surface area contributed by atoms with Gasteiger partial charge in [-0.1, -0.05) is 19.3 Å². The first-order chi connectivity index (χ1) is 7.38. The number of aliphatic carboxylic acids is 1. The summed E-state index contributed by atoms with van der Waals surface area (Å²) in [4.78, 5) is 23.3. The molecule has 0 radical (unpaired) electrons. The molecule has 0 saturated heterocycles. The quantitative estimate of drug-likeness (QED) is 0.752. The number of carboxylic acid groups (broad SMARTS) is 1. The fraction of sp³-hybridized carbons (Fsp3) is 0.833. The smallest absolute Gasteiger partial charge is 0.312 e. The largest absolute Gasteiger partial charge is 0.481 e. The van der Waals surface area contributed by atoms with Crippen molar-refractivity contribution in [3.8, 4) is 0 Å². The molecule has 4 nitrogen and oxygen atoms in total. The average Bonchev–Trinajstić information content (AvgIpc) is 2.28. The minimum atomic E-state index is -0.964. The van der Waals surface area contributed by atoms with Crippen LogP contribution in [0.1, 0.15) is 46.0 Å². The molecule has 0 atom stereocenters. The summed E-state index contributed by atoms with van der Waals surface area (Å²) in [5, 5.41) is 9.46. The zero-order chi connectivity index (χ0) is 12.4. The topological polar surface area (TPSA) is 63.6 Å². The molecule has 1 aliphatic carbocycles. The van der Waals surface area contributed by atoms with E-state index in [4.69, 9.17) is 4.74 Å². The number of methoxy groups -OCH3 is 1. The van der Waals surface area contributed by atoms with Gasteiger partial charge in [0.15, 0.2) is 0 Å². The number of rotatable bonds is 3. The lowest BCUT2D eigenvalue weighted by atomic mass is 9.58. The molecule has 1 aliphatic rings. The Morgan fingerprint density at radius 3 is 2.06 bits per heavy atom. The zero-order valence-electron chi connectivity index (χ0n) is 10.2. The van der Waals surface area contributed by atoms with Gasteiger partial charge in [0, 0.05) is 0 Å². The van der Waals surface area contributed by atoms with Crippen molar-refractivity contribution in [2.24, 2.45) is 10.8 Å². The van der Waals surface area contributed by atoms with E-state index in [0.717, 1.165) is 19.3 Å². The van der Waals surface area contributed by atoms with Gasteiger partial charge < -0.3 is 9.84 Å². The Kier molecular flexibility index (Phi) is 3.61. The van der Waals surface area contributed by atoms with E-state index < -0.39 is 22.8 Å². The van der Waals surface area contributed by atoms with Crippen LogP contribution in [0.15, 0.2) is 0 Å². The highest BCUT2D eigenvalue weighted by molar-refractivity contribution is 5.87. The van der Waals surface area contributed by atoms with Gasteiger partial charge in [-0.3, -0.25) is 9.59 Å². The molecular weight excluding hydrogens is 208 g/mol. The highest BCUT2D eigenvalue weighted by Gasteiger charge is 2.56. The van der Waals surface area contributed by atoms with Crippen LogP contribution in [0.4, 0.5) is 0 Å². The van der Waals surface area contributed by atoms with Gasteiger partial charge in [-0.15, -0.1) is 0 Å². The van der Waals surface area contributed by atoms with E-state index in [9.17, 15) is 14.7 Å². The van der Waals surface area contributed by atoms with E-state index in [-0.39, 0.29) is 0 Å². The first-order valence-electron chi connectivity index (χ1n) is 5.70. The third kappa shape index (κ3) is 1.81. The Morgan fingerprint density at radius 1 is 1.19 bits per heavy atom. The molecule has 0 spiro atoms. The normalized spacial score (nSPS) is 20.2. The summed E-state index contributed by atoms with van der Waals surface area (Å²) >= 11 is 0. The van der Waals surface area contributed by atoms with Gasteiger partial charge in [0.2, 0.25) is 0 Å². The van der Waals surface area contributed by atoms with Crippen LogP contribution >= 0.6 is 0 Å².